The Kier molecular flexibility index (Phi) is 3.67. The van der Waals surface area contributed by atoms with Crippen LogP contribution in [0.5, 0.6) is 0 Å². The molecule has 7 heteroatoms. The first kappa shape index (κ1) is 15.5. The number of fused-ring (bicyclic) bond motifs is 2. The quantitative estimate of drug-likeness (QED) is 0.753. The third kappa shape index (κ3) is 2.74. The number of aromatic nitrogens is 3. The van der Waals surface area contributed by atoms with Gasteiger partial charge in [-0.1, -0.05) is 18.2 Å². The molecular weight excluding hydrogens is 330 g/mol. The van der Waals surface area contributed by atoms with Gasteiger partial charge in [-0.2, -0.15) is 0 Å². The molecule has 2 unspecified atom stereocenters. The van der Waals surface area contributed by atoms with Crippen molar-refractivity contribution in [3.8, 4) is 0 Å². The zero-order valence-corrected chi connectivity index (χ0v) is 14.2. The van der Waals surface area contributed by atoms with E-state index >= 15 is 0 Å². The van der Waals surface area contributed by atoms with Crippen LogP contribution < -0.4 is 5.32 Å². The van der Waals surface area contributed by atoms with Gasteiger partial charge in [-0.15, -0.1) is 0 Å². The second kappa shape index (κ2) is 6.17. The molecule has 1 aromatic carbocycles. The van der Waals surface area contributed by atoms with E-state index in [-0.39, 0.29) is 11.8 Å². The maximum atomic E-state index is 12.4. The van der Waals surface area contributed by atoms with Crippen LogP contribution in [0, 0.1) is 17.8 Å². The molecule has 132 valence electrons. The van der Waals surface area contributed by atoms with Gasteiger partial charge in [0.25, 0.3) is 0 Å². The van der Waals surface area contributed by atoms with E-state index in [1.54, 1.807) is 6.20 Å². The predicted octanol–water partition coefficient (Wildman–Crippen LogP) is 1.61. The largest absolute Gasteiger partial charge is 0.350 e. The van der Waals surface area contributed by atoms with E-state index in [4.69, 9.17) is 4.63 Å². The lowest BCUT2D eigenvalue weighted by atomic mass is 10.1. The van der Waals surface area contributed by atoms with Crippen LogP contribution in [0.1, 0.15) is 11.3 Å². The van der Waals surface area contributed by atoms with Crippen molar-refractivity contribution in [1.29, 1.82) is 0 Å². The van der Waals surface area contributed by atoms with Gasteiger partial charge in [0.05, 0.1) is 12.2 Å². The predicted molar refractivity (Wildman–Crippen MR) is 93.6 cm³/mol. The highest BCUT2D eigenvalue weighted by Crippen LogP contribution is 2.52. The van der Waals surface area contributed by atoms with Crippen LogP contribution in [-0.4, -0.2) is 39.2 Å². The van der Waals surface area contributed by atoms with Gasteiger partial charge in [0.2, 0.25) is 5.91 Å². The number of carbonyl (C=O) groups excluding carboxylic acids is 1. The fourth-order valence-corrected chi connectivity index (χ4v) is 4.16. The normalized spacial score (nSPS) is 24.5. The van der Waals surface area contributed by atoms with E-state index in [1.807, 2.05) is 30.3 Å². The van der Waals surface area contributed by atoms with Gasteiger partial charge in [-0.3, -0.25) is 14.7 Å². The average molecular weight is 349 g/mol. The Labute approximate surface area is 150 Å². The number of amides is 1. The van der Waals surface area contributed by atoms with Crippen molar-refractivity contribution in [2.75, 3.05) is 13.1 Å². The van der Waals surface area contributed by atoms with Crippen molar-refractivity contribution >= 4 is 16.9 Å². The fraction of sp³-hybridized carbons (Fsp3) is 0.368. The zero-order chi connectivity index (χ0) is 17.5. The van der Waals surface area contributed by atoms with E-state index in [2.05, 4.69) is 31.6 Å². The van der Waals surface area contributed by atoms with Crippen LogP contribution >= 0.6 is 0 Å². The van der Waals surface area contributed by atoms with Gasteiger partial charge in [0, 0.05) is 31.7 Å². The standard InChI is InChI=1S/C19H19N5O2/c25-19(21-8-13-5-1-2-7-20-13)17-14-10-24(11-15(14)17)9-12-4-3-6-16-18(12)23-26-22-16/h1-7,14-15,17H,8-11H2,(H,21,25). The molecule has 1 saturated carbocycles. The number of hydrogen-bond donors (Lipinski definition) is 1. The number of carbonyl (C=O) groups is 1. The maximum absolute atomic E-state index is 12.4. The molecule has 1 N–H and O–H groups in total. The Morgan fingerprint density at radius 3 is 2.85 bits per heavy atom. The fourth-order valence-electron chi connectivity index (χ4n) is 4.16. The molecule has 5 rings (SSSR count). The summed E-state index contributed by atoms with van der Waals surface area (Å²) < 4.78 is 4.84. The molecule has 1 aliphatic heterocycles. The van der Waals surface area contributed by atoms with Crippen LogP contribution in [0.25, 0.3) is 11.0 Å². The first-order valence-electron chi connectivity index (χ1n) is 8.90. The summed E-state index contributed by atoms with van der Waals surface area (Å²) >= 11 is 0. The van der Waals surface area contributed by atoms with E-state index in [0.717, 1.165) is 41.9 Å². The Hall–Kier alpha value is -2.80. The summed E-state index contributed by atoms with van der Waals surface area (Å²) in [6, 6.07) is 11.7. The van der Waals surface area contributed by atoms with Crippen molar-refractivity contribution in [2.24, 2.45) is 17.8 Å². The lowest BCUT2D eigenvalue weighted by Crippen LogP contribution is -2.31. The molecule has 3 heterocycles. The summed E-state index contributed by atoms with van der Waals surface area (Å²) in [5, 5.41) is 10.9. The molecule has 2 aliphatic rings. The third-order valence-electron chi connectivity index (χ3n) is 5.51. The number of nitrogens with one attached hydrogen (secondary N) is 1. The molecular formula is C19H19N5O2. The molecule has 7 nitrogen and oxygen atoms in total. The van der Waals surface area contributed by atoms with Crippen molar-refractivity contribution in [3.63, 3.8) is 0 Å². The molecule has 3 aromatic rings. The molecule has 2 aromatic heterocycles. The zero-order valence-electron chi connectivity index (χ0n) is 14.2. The Morgan fingerprint density at radius 2 is 2.04 bits per heavy atom. The van der Waals surface area contributed by atoms with Crippen LogP contribution in [0.4, 0.5) is 0 Å². The minimum atomic E-state index is 0.152. The summed E-state index contributed by atoms with van der Waals surface area (Å²) in [6.07, 6.45) is 1.75. The van der Waals surface area contributed by atoms with Crippen molar-refractivity contribution in [3.05, 3.63) is 53.9 Å². The Balaban J connectivity index is 1.16. The van der Waals surface area contributed by atoms with Crippen molar-refractivity contribution < 1.29 is 9.42 Å². The number of nitrogens with zero attached hydrogens (tertiary/aromatic N) is 4. The number of likely N-dealkylation sites (tertiary alicyclic amines) is 1. The van der Waals surface area contributed by atoms with Crippen LogP contribution in [0.15, 0.2) is 47.2 Å². The third-order valence-corrected chi connectivity index (χ3v) is 5.51. The monoisotopic (exact) mass is 349 g/mol. The summed E-state index contributed by atoms with van der Waals surface area (Å²) in [5.41, 5.74) is 3.64. The number of piperidine rings is 1. The topological polar surface area (TPSA) is 84.2 Å². The molecule has 2 atom stereocenters. The molecule has 0 radical (unpaired) electrons. The van der Waals surface area contributed by atoms with Crippen LogP contribution in [0.2, 0.25) is 0 Å². The summed E-state index contributed by atoms with van der Waals surface area (Å²) in [4.78, 5) is 19.0. The lowest BCUT2D eigenvalue weighted by molar-refractivity contribution is -0.123. The van der Waals surface area contributed by atoms with Gasteiger partial charge in [0.1, 0.15) is 11.0 Å². The van der Waals surface area contributed by atoms with E-state index < -0.39 is 0 Å². The number of rotatable bonds is 5. The van der Waals surface area contributed by atoms with Gasteiger partial charge >= 0.3 is 0 Å². The molecule has 1 amide bonds. The summed E-state index contributed by atoms with van der Waals surface area (Å²) in [7, 11) is 0. The highest BCUT2D eigenvalue weighted by molar-refractivity contribution is 5.82. The van der Waals surface area contributed by atoms with Crippen molar-refractivity contribution in [1.82, 2.24) is 25.5 Å². The summed E-state index contributed by atoms with van der Waals surface area (Å²) in [6.45, 7) is 3.23. The molecule has 26 heavy (non-hydrogen) atoms. The van der Waals surface area contributed by atoms with Gasteiger partial charge in [-0.25, -0.2) is 4.63 Å². The lowest BCUT2D eigenvalue weighted by Gasteiger charge is -2.19. The Morgan fingerprint density at radius 1 is 1.15 bits per heavy atom. The second-order valence-electron chi connectivity index (χ2n) is 7.14. The number of pyridine rings is 1. The number of benzene rings is 1. The number of hydrogen-bond acceptors (Lipinski definition) is 6. The molecule has 1 aliphatic carbocycles. The smallest absolute Gasteiger partial charge is 0.224 e. The van der Waals surface area contributed by atoms with Gasteiger partial charge in [-0.05, 0) is 45.9 Å². The first-order valence-corrected chi connectivity index (χ1v) is 8.90. The van der Waals surface area contributed by atoms with Crippen molar-refractivity contribution in [2.45, 2.75) is 13.1 Å². The maximum Gasteiger partial charge on any atom is 0.224 e. The van der Waals surface area contributed by atoms with E-state index in [1.165, 1.54) is 0 Å². The molecule has 0 bridgehead atoms. The van der Waals surface area contributed by atoms with E-state index in [0.29, 0.717) is 18.4 Å². The minimum absolute atomic E-state index is 0.152. The molecule has 2 fully saturated rings. The molecule has 1 saturated heterocycles. The average Bonchev–Trinajstić information content (AvgIpc) is 3.03. The SMILES string of the molecule is O=C(NCc1ccccn1)C1C2CN(Cc3cccc4nonc34)CC21. The highest BCUT2D eigenvalue weighted by Gasteiger charge is 2.59. The summed E-state index contributed by atoms with van der Waals surface area (Å²) in [5.74, 6) is 1.24. The van der Waals surface area contributed by atoms with E-state index in [9.17, 15) is 4.79 Å². The highest BCUT2D eigenvalue weighted by atomic mass is 16.6. The second-order valence-corrected chi connectivity index (χ2v) is 7.14. The minimum Gasteiger partial charge on any atom is -0.350 e. The Bertz CT molecular complexity index is 929. The molecule has 0 spiro atoms. The van der Waals surface area contributed by atoms with Gasteiger partial charge < -0.3 is 5.32 Å². The van der Waals surface area contributed by atoms with Gasteiger partial charge in [0.15, 0.2) is 0 Å². The van der Waals surface area contributed by atoms with Crippen LogP contribution in [-0.2, 0) is 17.9 Å². The van der Waals surface area contributed by atoms with Crippen LogP contribution in [0.3, 0.4) is 0 Å². The first-order chi connectivity index (χ1) is 12.8.